The maximum Gasteiger partial charge on any atom is 0.0576 e. The molecule has 1 heterocycles. The number of ether oxygens (including phenoxy) is 1. The molecular formula is C18H28BrNO. The molecule has 0 spiro atoms. The Morgan fingerprint density at radius 3 is 3.05 bits per heavy atom. The predicted octanol–water partition coefficient (Wildman–Crippen LogP) is 4.88. The molecule has 3 heteroatoms. The van der Waals surface area contributed by atoms with Crippen molar-refractivity contribution in [2.24, 2.45) is 0 Å². The van der Waals surface area contributed by atoms with E-state index in [9.17, 15) is 0 Å². The number of nitrogens with one attached hydrogen (secondary N) is 1. The van der Waals surface area contributed by atoms with E-state index in [1.807, 2.05) is 0 Å². The van der Waals surface area contributed by atoms with Gasteiger partial charge in [-0.3, -0.25) is 0 Å². The summed E-state index contributed by atoms with van der Waals surface area (Å²) in [6, 6.07) is 8.78. The summed E-state index contributed by atoms with van der Waals surface area (Å²) >= 11 is 3.59. The molecule has 1 fully saturated rings. The van der Waals surface area contributed by atoms with Crippen LogP contribution >= 0.6 is 15.9 Å². The lowest BCUT2D eigenvalue weighted by atomic mass is 9.92. The summed E-state index contributed by atoms with van der Waals surface area (Å²) in [5.41, 5.74) is 1.44. The van der Waals surface area contributed by atoms with Gasteiger partial charge in [-0.1, -0.05) is 41.4 Å². The minimum absolute atomic E-state index is 0.525. The van der Waals surface area contributed by atoms with Crippen molar-refractivity contribution in [2.45, 2.75) is 57.5 Å². The molecular weight excluding hydrogens is 326 g/mol. The van der Waals surface area contributed by atoms with E-state index in [0.717, 1.165) is 19.7 Å². The van der Waals surface area contributed by atoms with Crippen molar-refractivity contribution in [3.63, 3.8) is 0 Å². The van der Waals surface area contributed by atoms with E-state index < -0.39 is 0 Å². The molecule has 0 radical (unpaired) electrons. The van der Waals surface area contributed by atoms with Gasteiger partial charge in [-0.25, -0.2) is 0 Å². The van der Waals surface area contributed by atoms with Gasteiger partial charge in [0.15, 0.2) is 0 Å². The maximum atomic E-state index is 5.73. The molecule has 1 saturated heterocycles. The summed E-state index contributed by atoms with van der Waals surface area (Å²) in [6.45, 7) is 5.38. The van der Waals surface area contributed by atoms with Crippen molar-refractivity contribution >= 4 is 15.9 Å². The third kappa shape index (κ3) is 6.09. The van der Waals surface area contributed by atoms with Gasteiger partial charge in [0.05, 0.1) is 6.10 Å². The Balaban J connectivity index is 1.85. The van der Waals surface area contributed by atoms with Gasteiger partial charge < -0.3 is 10.1 Å². The first-order valence-electron chi connectivity index (χ1n) is 8.37. The van der Waals surface area contributed by atoms with Crippen LogP contribution in [0.3, 0.4) is 0 Å². The molecule has 2 nitrogen and oxygen atoms in total. The van der Waals surface area contributed by atoms with E-state index >= 15 is 0 Å². The van der Waals surface area contributed by atoms with Gasteiger partial charge >= 0.3 is 0 Å². The lowest BCUT2D eigenvalue weighted by Crippen LogP contribution is -2.22. The maximum absolute atomic E-state index is 5.73. The molecule has 1 aromatic carbocycles. The Kier molecular flexibility index (Phi) is 7.76. The van der Waals surface area contributed by atoms with E-state index in [1.54, 1.807) is 0 Å². The van der Waals surface area contributed by atoms with Gasteiger partial charge in [0, 0.05) is 17.6 Å². The molecule has 0 aromatic heterocycles. The van der Waals surface area contributed by atoms with E-state index in [2.05, 4.69) is 52.4 Å². The summed E-state index contributed by atoms with van der Waals surface area (Å²) in [5.74, 6) is 0.607. The van der Waals surface area contributed by atoms with Crippen LogP contribution in [0, 0.1) is 0 Å². The highest BCUT2D eigenvalue weighted by atomic mass is 79.9. The summed E-state index contributed by atoms with van der Waals surface area (Å²) in [6.07, 6.45) is 7.95. The second kappa shape index (κ2) is 9.60. The molecule has 1 N–H and O–H groups in total. The van der Waals surface area contributed by atoms with Crippen LogP contribution in [-0.4, -0.2) is 25.8 Å². The third-order valence-corrected chi connectivity index (χ3v) is 4.73. The number of rotatable bonds is 9. The van der Waals surface area contributed by atoms with E-state index in [1.165, 1.54) is 48.6 Å². The second-order valence-corrected chi connectivity index (χ2v) is 6.94. The summed E-state index contributed by atoms with van der Waals surface area (Å²) in [7, 11) is 0. The minimum Gasteiger partial charge on any atom is -0.378 e. The first-order valence-corrected chi connectivity index (χ1v) is 9.16. The molecule has 1 aliphatic rings. The number of halogens is 1. The number of hydrogen-bond donors (Lipinski definition) is 1. The highest BCUT2D eigenvalue weighted by molar-refractivity contribution is 9.10. The van der Waals surface area contributed by atoms with Gasteiger partial charge in [-0.15, -0.1) is 0 Å². The Hall–Kier alpha value is -0.380. The Labute approximate surface area is 137 Å². The van der Waals surface area contributed by atoms with Crippen molar-refractivity contribution in [3.8, 4) is 0 Å². The third-order valence-electron chi connectivity index (χ3n) is 4.24. The highest BCUT2D eigenvalue weighted by Crippen LogP contribution is 2.26. The fourth-order valence-electron chi connectivity index (χ4n) is 3.06. The number of benzene rings is 1. The fourth-order valence-corrected chi connectivity index (χ4v) is 3.48. The minimum atomic E-state index is 0.525. The Morgan fingerprint density at radius 2 is 2.33 bits per heavy atom. The zero-order valence-corrected chi connectivity index (χ0v) is 14.7. The standard InChI is InChI=1S/C18H28BrNO/c1-2-11-20-14-16(15-6-3-8-17(19)13-15)7-4-9-18-10-5-12-21-18/h3,6,8,13,16,18,20H,2,4-5,7,9-12,14H2,1H3. The van der Waals surface area contributed by atoms with Crippen LogP contribution in [0.4, 0.5) is 0 Å². The predicted molar refractivity (Wildman–Crippen MR) is 92.9 cm³/mol. The smallest absolute Gasteiger partial charge is 0.0576 e. The monoisotopic (exact) mass is 353 g/mol. The molecule has 2 rings (SSSR count). The topological polar surface area (TPSA) is 21.3 Å². The average Bonchev–Trinajstić information content (AvgIpc) is 2.99. The molecule has 0 aliphatic carbocycles. The van der Waals surface area contributed by atoms with Crippen molar-refractivity contribution in [1.82, 2.24) is 5.32 Å². The summed E-state index contributed by atoms with van der Waals surface area (Å²) in [4.78, 5) is 0. The van der Waals surface area contributed by atoms with E-state index in [0.29, 0.717) is 12.0 Å². The Morgan fingerprint density at radius 1 is 1.43 bits per heavy atom. The van der Waals surface area contributed by atoms with Crippen LogP contribution in [0.25, 0.3) is 0 Å². The SMILES string of the molecule is CCCNCC(CCCC1CCCO1)c1cccc(Br)c1. The molecule has 1 aromatic rings. The second-order valence-electron chi connectivity index (χ2n) is 6.02. The highest BCUT2D eigenvalue weighted by Gasteiger charge is 2.17. The van der Waals surface area contributed by atoms with Gasteiger partial charge in [0.25, 0.3) is 0 Å². The molecule has 1 aliphatic heterocycles. The molecule has 0 bridgehead atoms. The zero-order valence-electron chi connectivity index (χ0n) is 13.1. The van der Waals surface area contributed by atoms with E-state index in [4.69, 9.17) is 4.74 Å². The van der Waals surface area contributed by atoms with Crippen LogP contribution in [-0.2, 0) is 4.74 Å². The largest absolute Gasteiger partial charge is 0.378 e. The van der Waals surface area contributed by atoms with Gasteiger partial charge in [-0.2, -0.15) is 0 Å². The lowest BCUT2D eigenvalue weighted by molar-refractivity contribution is 0.101. The molecule has 0 saturated carbocycles. The van der Waals surface area contributed by atoms with Crippen molar-refractivity contribution in [2.75, 3.05) is 19.7 Å². The van der Waals surface area contributed by atoms with Crippen LogP contribution in [0.15, 0.2) is 28.7 Å². The first-order chi connectivity index (χ1) is 10.3. The van der Waals surface area contributed by atoms with Gasteiger partial charge in [0.1, 0.15) is 0 Å². The first kappa shape index (κ1) is 17.0. The van der Waals surface area contributed by atoms with Crippen molar-refractivity contribution in [3.05, 3.63) is 34.3 Å². The van der Waals surface area contributed by atoms with Crippen LogP contribution in [0.2, 0.25) is 0 Å². The van der Waals surface area contributed by atoms with Crippen molar-refractivity contribution < 1.29 is 4.74 Å². The lowest BCUT2D eigenvalue weighted by Gasteiger charge is -2.19. The zero-order chi connectivity index (χ0) is 14.9. The average molecular weight is 354 g/mol. The van der Waals surface area contributed by atoms with Gasteiger partial charge in [0.2, 0.25) is 0 Å². The van der Waals surface area contributed by atoms with Crippen LogP contribution in [0.5, 0.6) is 0 Å². The summed E-state index contributed by atoms with van der Waals surface area (Å²) < 4.78 is 6.92. The molecule has 0 amide bonds. The number of hydrogen-bond acceptors (Lipinski definition) is 2. The normalized spacial score (nSPS) is 19.8. The van der Waals surface area contributed by atoms with Gasteiger partial charge in [-0.05, 0) is 62.3 Å². The summed E-state index contributed by atoms with van der Waals surface area (Å²) in [5, 5.41) is 3.58. The molecule has 2 atom stereocenters. The van der Waals surface area contributed by atoms with Crippen LogP contribution < -0.4 is 5.32 Å². The quantitative estimate of drug-likeness (QED) is 0.638. The molecule has 2 unspecified atom stereocenters. The fraction of sp³-hybridized carbons (Fsp3) is 0.667. The van der Waals surface area contributed by atoms with Crippen LogP contribution in [0.1, 0.15) is 56.9 Å². The van der Waals surface area contributed by atoms with Crippen molar-refractivity contribution in [1.29, 1.82) is 0 Å². The van der Waals surface area contributed by atoms with E-state index in [-0.39, 0.29) is 0 Å². The Bertz CT molecular complexity index is 404. The molecule has 21 heavy (non-hydrogen) atoms. The molecule has 118 valence electrons.